The van der Waals surface area contributed by atoms with Crippen molar-refractivity contribution in [2.45, 2.75) is 20.3 Å². The summed E-state index contributed by atoms with van der Waals surface area (Å²) in [7, 11) is 0. The number of aliphatic hydroxyl groups excluding tert-OH is 1. The number of β-amino-alcohol motifs (C(OH)–C–C–N with tert-alkyl or cyclic N) is 1. The summed E-state index contributed by atoms with van der Waals surface area (Å²) in [4.78, 5) is 13.4. The van der Waals surface area contributed by atoms with Gasteiger partial charge in [-0.3, -0.25) is 4.90 Å². The van der Waals surface area contributed by atoms with Crippen LogP contribution in [0.3, 0.4) is 0 Å². The summed E-state index contributed by atoms with van der Waals surface area (Å²) in [5.74, 6) is 0.788. The molecule has 19 heavy (non-hydrogen) atoms. The highest BCUT2D eigenvalue weighted by Crippen LogP contribution is 2.23. The van der Waals surface area contributed by atoms with Gasteiger partial charge in [0.05, 0.1) is 18.0 Å². The lowest BCUT2D eigenvalue weighted by Crippen LogP contribution is -2.33. The summed E-state index contributed by atoms with van der Waals surface area (Å²) >= 11 is 6.22. The molecule has 1 aromatic rings. The minimum absolute atomic E-state index is 0.213. The SMILES string of the molecule is Cc1nc(Cl)c(N2CCCN(CCO)CC2)nc1C. The van der Waals surface area contributed by atoms with Crippen molar-refractivity contribution in [1.82, 2.24) is 14.9 Å². The molecule has 2 heterocycles. The van der Waals surface area contributed by atoms with E-state index in [1.165, 1.54) is 0 Å². The van der Waals surface area contributed by atoms with E-state index >= 15 is 0 Å². The van der Waals surface area contributed by atoms with Gasteiger partial charge in [-0.1, -0.05) is 11.6 Å². The van der Waals surface area contributed by atoms with Crippen molar-refractivity contribution in [2.75, 3.05) is 44.2 Å². The van der Waals surface area contributed by atoms with E-state index in [9.17, 15) is 0 Å². The number of nitrogens with zero attached hydrogens (tertiary/aromatic N) is 4. The topological polar surface area (TPSA) is 52.5 Å². The standard InChI is InChI=1S/C13H21ClN4O/c1-10-11(2)16-13(12(14)15-10)18-5-3-4-17(6-7-18)8-9-19/h19H,3-9H2,1-2H3. The Balaban J connectivity index is 2.12. The molecule has 6 heteroatoms. The van der Waals surface area contributed by atoms with Gasteiger partial charge in [-0.25, -0.2) is 9.97 Å². The zero-order chi connectivity index (χ0) is 13.8. The lowest BCUT2D eigenvalue weighted by Gasteiger charge is -2.23. The largest absolute Gasteiger partial charge is 0.395 e. The molecule has 0 aromatic carbocycles. The van der Waals surface area contributed by atoms with Gasteiger partial charge in [-0.15, -0.1) is 0 Å². The third-order valence-electron chi connectivity index (χ3n) is 3.55. The molecule has 2 rings (SSSR count). The van der Waals surface area contributed by atoms with Crippen LogP contribution in [0.5, 0.6) is 0 Å². The van der Waals surface area contributed by atoms with Gasteiger partial charge in [0.1, 0.15) is 0 Å². The number of aryl methyl sites for hydroxylation is 2. The summed E-state index contributed by atoms with van der Waals surface area (Å²) in [5, 5.41) is 9.49. The molecule has 0 spiro atoms. The first-order chi connectivity index (χ1) is 9.11. The van der Waals surface area contributed by atoms with Crippen LogP contribution in [0.2, 0.25) is 5.15 Å². The zero-order valence-electron chi connectivity index (χ0n) is 11.6. The first-order valence-corrected chi connectivity index (χ1v) is 7.08. The monoisotopic (exact) mass is 284 g/mol. The van der Waals surface area contributed by atoms with Gasteiger partial charge >= 0.3 is 0 Å². The first-order valence-electron chi connectivity index (χ1n) is 6.70. The summed E-state index contributed by atoms with van der Waals surface area (Å²) in [5.41, 5.74) is 1.81. The average Bonchev–Trinajstić information content (AvgIpc) is 2.60. The van der Waals surface area contributed by atoms with Crippen molar-refractivity contribution in [3.05, 3.63) is 16.5 Å². The van der Waals surface area contributed by atoms with E-state index in [0.29, 0.717) is 5.15 Å². The number of rotatable bonds is 3. The number of halogens is 1. The van der Waals surface area contributed by atoms with Crippen molar-refractivity contribution in [2.24, 2.45) is 0 Å². The molecule has 1 N–H and O–H groups in total. The van der Waals surface area contributed by atoms with Crippen LogP contribution in [0, 0.1) is 13.8 Å². The minimum Gasteiger partial charge on any atom is -0.395 e. The van der Waals surface area contributed by atoms with Gasteiger partial charge in [0.15, 0.2) is 11.0 Å². The van der Waals surface area contributed by atoms with Gasteiger partial charge < -0.3 is 10.0 Å². The van der Waals surface area contributed by atoms with E-state index in [1.807, 2.05) is 13.8 Å². The van der Waals surface area contributed by atoms with E-state index in [2.05, 4.69) is 19.8 Å². The minimum atomic E-state index is 0.213. The van der Waals surface area contributed by atoms with Crippen LogP contribution in [-0.4, -0.2) is 59.3 Å². The second kappa shape index (κ2) is 6.50. The van der Waals surface area contributed by atoms with E-state index in [1.54, 1.807) is 0 Å². The van der Waals surface area contributed by atoms with Crippen LogP contribution in [0.4, 0.5) is 5.82 Å². The molecule has 106 valence electrons. The fourth-order valence-corrected chi connectivity index (χ4v) is 2.60. The van der Waals surface area contributed by atoms with Gasteiger partial charge in [0.2, 0.25) is 0 Å². The van der Waals surface area contributed by atoms with Crippen LogP contribution < -0.4 is 4.90 Å². The highest BCUT2D eigenvalue weighted by Gasteiger charge is 2.19. The van der Waals surface area contributed by atoms with Crippen LogP contribution in [0.1, 0.15) is 17.8 Å². The molecule has 0 bridgehead atoms. The van der Waals surface area contributed by atoms with E-state index in [-0.39, 0.29) is 6.61 Å². The lowest BCUT2D eigenvalue weighted by atomic mass is 10.3. The summed E-state index contributed by atoms with van der Waals surface area (Å²) in [6, 6.07) is 0. The predicted molar refractivity (Wildman–Crippen MR) is 76.9 cm³/mol. The van der Waals surface area contributed by atoms with E-state index < -0.39 is 0 Å². The molecule has 5 nitrogen and oxygen atoms in total. The average molecular weight is 285 g/mol. The Kier molecular flexibility index (Phi) is 4.96. The maximum Gasteiger partial charge on any atom is 0.171 e. The molecule has 1 aliphatic heterocycles. The van der Waals surface area contributed by atoms with Crippen LogP contribution in [0.15, 0.2) is 0 Å². The summed E-state index contributed by atoms with van der Waals surface area (Å²) in [6.45, 7) is 8.56. The maximum atomic E-state index is 9.01. The molecule has 0 unspecified atom stereocenters. The molecule has 0 atom stereocenters. The second-order valence-electron chi connectivity index (χ2n) is 4.91. The summed E-state index contributed by atoms with van der Waals surface area (Å²) < 4.78 is 0. The smallest absolute Gasteiger partial charge is 0.171 e. The molecular weight excluding hydrogens is 264 g/mol. The Bertz CT molecular complexity index is 441. The Morgan fingerprint density at radius 3 is 2.58 bits per heavy atom. The van der Waals surface area contributed by atoms with Crippen LogP contribution in [0.25, 0.3) is 0 Å². The molecular formula is C13H21ClN4O. The maximum absolute atomic E-state index is 9.01. The summed E-state index contributed by atoms with van der Waals surface area (Å²) in [6.07, 6.45) is 1.05. The number of hydrogen-bond acceptors (Lipinski definition) is 5. The molecule has 1 saturated heterocycles. The third kappa shape index (κ3) is 3.55. The first kappa shape index (κ1) is 14.5. The molecule has 0 amide bonds. The quantitative estimate of drug-likeness (QED) is 0.905. The normalized spacial score (nSPS) is 17.6. The Morgan fingerprint density at radius 2 is 1.84 bits per heavy atom. The van der Waals surface area contributed by atoms with Gasteiger partial charge in [0, 0.05) is 26.2 Å². The Labute approximate surface area is 119 Å². The third-order valence-corrected chi connectivity index (χ3v) is 3.81. The highest BCUT2D eigenvalue weighted by molar-refractivity contribution is 6.31. The lowest BCUT2D eigenvalue weighted by molar-refractivity contribution is 0.204. The zero-order valence-corrected chi connectivity index (χ0v) is 12.3. The van der Waals surface area contributed by atoms with Crippen molar-refractivity contribution >= 4 is 17.4 Å². The Morgan fingerprint density at radius 1 is 1.11 bits per heavy atom. The van der Waals surface area contributed by atoms with Crippen LogP contribution >= 0.6 is 11.6 Å². The molecule has 0 radical (unpaired) electrons. The molecule has 0 aliphatic carbocycles. The fraction of sp³-hybridized carbons (Fsp3) is 0.692. The number of anilines is 1. The van der Waals surface area contributed by atoms with Gasteiger partial charge in [0.25, 0.3) is 0 Å². The van der Waals surface area contributed by atoms with Gasteiger partial charge in [-0.05, 0) is 26.8 Å². The predicted octanol–water partition coefficient (Wildman–Crippen LogP) is 1.25. The fourth-order valence-electron chi connectivity index (χ4n) is 2.31. The van der Waals surface area contributed by atoms with Crippen molar-refractivity contribution in [3.63, 3.8) is 0 Å². The van der Waals surface area contributed by atoms with Crippen molar-refractivity contribution < 1.29 is 5.11 Å². The highest BCUT2D eigenvalue weighted by atomic mass is 35.5. The number of aromatic nitrogens is 2. The molecule has 1 aliphatic rings. The van der Waals surface area contributed by atoms with Gasteiger partial charge in [-0.2, -0.15) is 0 Å². The van der Waals surface area contributed by atoms with E-state index in [4.69, 9.17) is 16.7 Å². The van der Waals surface area contributed by atoms with Crippen LogP contribution in [-0.2, 0) is 0 Å². The molecule has 0 saturated carbocycles. The number of aliphatic hydroxyl groups is 1. The number of hydrogen-bond donors (Lipinski definition) is 1. The van der Waals surface area contributed by atoms with Crippen molar-refractivity contribution in [3.8, 4) is 0 Å². The molecule has 1 fully saturated rings. The Hall–Kier alpha value is -0.910. The van der Waals surface area contributed by atoms with E-state index in [0.717, 1.165) is 56.4 Å². The second-order valence-corrected chi connectivity index (χ2v) is 5.27. The van der Waals surface area contributed by atoms with Crippen molar-refractivity contribution in [1.29, 1.82) is 0 Å². The molecule has 1 aromatic heterocycles.